The number of esters is 1. The van der Waals surface area contributed by atoms with Crippen LogP contribution in [0.25, 0.3) is 33.5 Å². The fourth-order valence-corrected chi connectivity index (χ4v) is 3.29. The molecule has 3 heterocycles. The Kier molecular flexibility index (Phi) is 5.69. The third kappa shape index (κ3) is 4.40. The first-order valence-corrected chi connectivity index (χ1v) is 9.81. The number of aromatic nitrogens is 5. The molecule has 0 aliphatic heterocycles. The topological polar surface area (TPSA) is 141 Å². The molecule has 0 aliphatic rings. The van der Waals surface area contributed by atoms with Crippen molar-refractivity contribution in [2.75, 3.05) is 12.8 Å². The molecule has 1 amide bonds. The lowest BCUT2D eigenvalue weighted by atomic mass is 10.1. The van der Waals surface area contributed by atoms with Crippen LogP contribution < -0.4 is 11.1 Å². The van der Waals surface area contributed by atoms with E-state index in [-0.39, 0.29) is 11.4 Å². The van der Waals surface area contributed by atoms with Crippen LogP contribution in [-0.2, 0) is 21.4 Å². The number of likely N-dealkylation sites (N-methyl/N-ethyl adjacent to an activating group) is 1. The molecule has 1 unspecified atom stereocenters. The number of hydrogen-bond acceptors (Lipinski definition) is 7. The fourth-order valence-electron chi connectivity index (χ4n) is 3.29. The molecule has 3 aromatic heterocycles. The van der Waals surface area contributed by atoms with Gasteiger partial charge in [0.05, 0.1) is 22.8 Å². The molecular weight excluding hydrogens is 455 g/mol. The van der Waals surface area contributed by atoms with Crippen LogP contribution in [0.5, 0.6) is 0 Å². The monoisotopic (exact) mass is 473 g/mol. The van der Waals surface area contributed by atoms with Gasteiger partial charge in [0.1, 0.15) is 11.6 Å². The first-order chi connectivity index (χ1) is 16.1. The molecule has 34 heavy (non-hydrogen) atoms. The minimum atomic E-state index is -5.25. The number of nitrogens with two attached hydrogens (primary N) is 1. The molecular formula is C21H18F3N7O3. The van der Waals surface area contributed by atoms with Gasteiger partial charge >= 0.3 is 12.1 Å². The lowest BCUT2D eigenvalue weighted by Crippen LogP contribution is -2.34. The molecule has 0 spiro atoms. The molecule has 4 rings (SSSR count). The third-order valence-electron chi connectivity index (χ3n) is 4.96. The van der Waals surface area contributed by atoms with Gasteiger partial charge < -0.3 is 20.8 Å². The van der Waals surface area contributed by atoms with Crippen LogP contribution in [0.3, 0.4) is 0 Å². The second kappa shape index (κ2) is 8.50. The number of hydrogen-bond donors (Lipinski definition) is 3. The first-order valence-electron chi connectivity index (χ1n) is 9.81. The van der Waals surface area contributed by atoms with Crippen LogP contribution in [-0.4, -0.2) is 49.8 Å². The largest absolute Gasteiger partial charge is 0.490 e. The maximum Gasteiger partial charge on any atom is 0.490 e. The summed E-state index contributed by atoms with van der Waals surface area (Å²) in [5.41, 5.74) is 8.96. The number of ether oxygens (including phenoxy) is 1. The van der Waals surface area contributed by atoms with Gasteiger partial charge in [-0.2, -0.15) is 18.3 Å². The minimum absolute atomic E-state index is 0.0230. The van der Waals surface area contributed by atoms with Crippen LogP contribution in [0.4, 0.5) is 19.0 Å². The number of nitrogen functional groups attached to an aromatic ring is 1. The number of imidazole rings is 1. The number of anilines is 1. The number of pyridine rings is 1. The predicted molar refractivity (Wildman–Crippen MR) is 115 cm³/mol. The molecule has 0 saturated heterocycles. The van der Waals surface area contributed by atoms with Crippen molar-refractivity contribution in [1.29, 1.82) is 0 Å². The van der Waals surface area contributed by atoms with E-state index in [1.165, 1.54) is 25.2 Å². The zero-order chi connectivity index (χ0) is 24.6. The normalized spacial score (nSPS) is 12.5. The van der Waals surface area contributed by atoms with Gasteiger partial charge in [0.25, 0.3) is 5.91 Å². The Labute approximate surface area is 189 Å². The Hall–Kier alpha value is -4.42. The Balaban J connectivity index is 1.72. The molecule has 1 atom stereocenters. The fraction of sp³-hybridized carbons (Fsp3) is 0.190. The van der Waals surface area contributed by atoms with E-state index in [0.717, 1.165) is 11.1 Å². The lowest BCUT2D eigenvalue weighted by Gasteiger charge is -2.17. The average Bonchev–Trinajstić information content (AvgIpc) is 3.42. The zero-order valence-electron chi connectivity index (χ0n) is 17.8. The number of benzene rings is 1. The molecule has 10 nitrogen and oxygen atoms in total. The number of aromatic amines is 1. The Morgan fingerprint density at radius 2 is 1.97 bits per heavy atom. The Morgan fingerprint density at radius 1 is 1.21 bits per heavy atom. The highest BCUT2D eigenvalue weighted by Gasteiger charge is 2.43. The summed E-state index contributed by atoms with van der Waals surface area (Å²) in [4.78, 5) is 35.2. The number of alkyl halides is 3. The van der Waals surface area contributed by atoms with Crippen LogP contribution in [0.2, 0.25) is 0 Å². The number of nitrogens with zero attached hydrogens (tertiary/aromatic N) is 4. The van der Waals surface area contributed by atoms with Crippen molar-refractivity contribution in [3.8, 4) is 22.5 Å². The zero-order valence-corrected chi connectivity index (χ0v) is 17.8. The molecule has 0 fully saturated rings. The van der Waals surface area contributed by atoms with Crippen molar-refractivity contribution in [2.45, 2.75) is 12.3 Å². The summed E-state index contributed by atoms with van der Waals surface area (Å²) in [6.45, 7) is 0. The molecule has 0 bridgehead atoms. The number of carbonyl (C=O) groups is 2. The number of fused-ring (bicyclic) bond motifs is 1. The summed E-state index contributed by atoms with van der Waals surface area (Å²) < 4.78 is 44.1. The molecule has 176 valence electrons. The van der Waals surface area contributed by atoms with Crippen molar-refractivity contribution in [3.05, 3.63) is 48.4 Å². The summed E-state index contributed by atoms with van der Waals surface area (Å²) in [6.07, 6.45) is -1.98. The van der Waals surface area contributed by atoms with Gasteiger partial charge in [-0.15, -0.1) is 0 Å². The maximum absolute atomic E-state index is 12.7. The number of carbonyl (C=O) groups excluding carboxylic acids is 2. The number of aryl methyl sites for hydroxylation is 1. The highest BCUT2D eigenvalue weighted by atomic mass is 19.4. The van der Waals surface area contributed by atoms with E-state index in [4.69, 9.17) is 5.73 Å². The Bertz CT molecular complexity index is 1390. The minimum Gasteiger partial charge on any atom is -0.441 e. The number of rotatable bonds is 5. The first kappa shape index (κ1) is 22.8. The SMILES string of the molecule is CNC(=O)C(OC(=O)C(F)(F)F)c1ccc2nc(-c3cc(-c4cnn(C)c4)cnc3N)[nH]c2c1. The Morgan fingerprint density at radius 3 is 2.62 bits per heavy atom. The van der Waals surface area contributed by atoms with Crippen molar-refractivity contribution in [1.82, 2.24) is 30.0 Å². The van der Waals surface area contributed by atoms with Gasteiger partial charge in [-0.3, -0.25) is 9.48 Å². The van der Waals surface area contributed by atoms with E-state index in [9.17, 15) is 22.8 Å². The highest BCUT2D eigenvalue weighted by molar-refractivity contribution is 5.88. The average molecular weight is 473 g/mol. The second-order valence-corrected chi connectivity index (χ2v) is 7.32. The molecule has 0 saturated carbocycles. The molecule has 1 aromatic carbocycles. The van der Waals surface area contributed by atoms with Crippen molar-refractivity contribution in [3.63, 3.8) is 0 Å². The van der Waals surface area contributed by atoms with Gasteiger partial charge in [0.2, 0.25) is 6.10 Å². The van der Waals surface area contributed by atoms with E-state index in [0.29, 0.717) is 22.4 Å². The highest BCUT2D eigenvalue weighted by Crippen LogP contribution is 2.31. The van der Waals surface area contributed by atoms with E-state index in [1.54, 1.807) is 30.2 Å². The smallest absolute Gasteiger partial charge is 0.441 e. The van der Waals surface area contributed by atoms with Gasteiger partial charge in [0, 0.05) is 43.2 Å². The van der Waals surface area contributed by atoms with Crippen LogP contribution in [0.1, 0.15) is 11.7 Å². The summed E-state index contributed by atoms with van der Waals surface area (Å²) in [5, 5.41) is 6.32. The van der Waals surface area contributed by atoms with Gasteiger partial charge in [-0.05, 0) is 18.2 Å². The van der Waals surface area contributed by atoms with E-state index < -0.39 is 24.2 Å². The summed E-state index contributed by atoms with van der Waals surface area (Å²) in [6, 6.07) is 5.99. The summed E-state index contributed by atoms with van der Waals surface area (Å²) >= 11 is 0. The van der Waals surface area contributed by atoms with Gasteiger partial charge in [-0.1, -0.05) is 6.07 Å². The van der Waals surface area contributed by atoms with Crippen LogP contribution >= 0.6 is 0 Å². The standard InChI is InChI=1S/C21H18F3N7O3/c1-26-19(32)16(34-20(33)21(22,23)24)10-3-4-14-15(6-10)30-18(29-14)13-5-11(7-27-17(13)25)12-8-28-31(2)9-12/h3-9,16H,1-2H3,(H2,25,27)(H,26,32)(H,29,30). The van der Waals surface area contributed by atoms with Gasteiger partial charge in [0.15, 0.2) is 0 Å². The van der Waals surface area contributed by atoms with E-state index in [2.05, 4.69) is 30.1 Å². The predicted octanol–water partition coefficient (Wildman–Crippen LogP) is 2.50. The third-order valence-corrected chi connectivity index (χ3v) is 4.96. The van der Waals surface area contributed by atoms with Crippen LogP contribution in [0, 0.1) is 0 Å². The van der Waals surface area contributed by atoms with E-state index >= 15 is 0 Å². The van der Waals surface area contributed by atoms with Crippen molar-refractivity contribution in [2.24, 2.45) is 7.05 Å². The van der Waals surface area contributed by atoms with E-state index in [1.807, 2.05) is 6.20 Å². The maximum atomic E-state index is 12.7. The van der Waals surface area contributed by atoms with Crippen LogP contribution in [0.15, 0.2) is 42.9 Å². The van der Waals surface area contributed by atoms with Crippen molar-refractivity contribution < 1.29 is 27.5 Å². The molecule has 0 radical (unpaired) electrons. The van der Waals surface area contributed by atoms with Crippen molar-refractivity contribution >= 4 is 28.7 Å². The number of halogens is 3. The molecule has 4 aromatic rings. The number of amides is 1. The second-order valence-electron chi connectivity index (χ2n) is 7.32. The number of H-pyrrole nitrogens is 1. The quantitative estimate of drug-likeness (QED) is 0.378. The van der Waals surface area contributed by atoms with Gasteiger partial charge in [-0.25, -0.2) is 14.8 Å². The lowest BCUT2D eigenvalue weighted by molar-refractivity contribution is -0.205. The summed E-state index contributed by atoms with van der Waals surface area (Å²) in [7, 11) is 3.00. The number of nitrogens with one attached hydrogen (secondary N) is 2. The molecule has 13 heteroatoms. The molecule has 4 N–H and O–H groups in total. The molecule has 0 aliphatic carbocycles. The summed E-state index contributed by atoms with van der Waals surface area (Å²) in [5.74, 6) is -2.84.